The lowest BCUT2D eigenvalue weighted by Gasteiger charge is -2.32. The van der Waals surface area contributed by atoms with Gasteiger partial charge in [0.1, 0.15) is 0 Å². The molecular formula is C22H40. The molecule has 0 heterocycles. The minimum Gasteiger partial charge on any atom is -0.0885 e. The van der Waals surface area contributed by atoms with Gasteiger partial charge in [-0.05, 0) is 73.0 Å². The monoisotopic (exact) mass is 304 g/mol. The van der Waals surface area contributed by atoms with Crippen molar-refractivity contribution in [2.45, 2.75) is 92.9 Å². The summed E-state index contributed by atoms with van der Waals surface area (Å²) in [6, 6.07) is 0. The highest BCUT2D eigenvalue weighted by Crippen LogP contribution is 2.53. The van der Waals surface area contributed by atoms with E-state index >= 15 is 0 Å². The lowest BCUT2D eigenvalue weighted by Crippen LogP contribution is -2.24. The predicted octanol–water partition coefficient (Wildman–Crippen LogP) is 7.25. The summed E-state index contributed by atoms with van der Waals surface area (Å²) in [4.78, 5) is 0. The molecule has 4 atom stereocenters. The van der Waals surface area contributed by atoms with E-state index in [0.717, 1.165) is 23.7 Å². The number of allylic oxidation sites excluding steroid dienone is 2. The number of hydrogen-bond acceptors (Lipinski definition) is 0. The van der Waals surface area contributed by atoms with Crippen LogP contribution in [0.2, 0.25) is 0 Å². The van der Waals surface area contributed by atoms with Gasteiger partial charge in [-0.25, -0.2) is 0 Å². The fraction of sp³-hybridized carbons (Fsp3) is 0.909. The average Bonchev–Trinajstić information content (AvgIpc) is 3.00. The standard InChI is InChI=1S/C12H22.C10H18/c1-12(2,3)11-8-7-9-5-4-6-10(9)11;1-10(2,3)9-7-5-4-6-8-9/h9-11H,4-8H2,1-3H3;4-5,9H,6-8H2,1-3H3. The topological polar surface area (TPSA) is 0 Å². The summed E-state index contributed by atoms with van der Waals surface area (Å²) in [5, 5.41) is 0. The molecule has 2 saturated carbocycles. The van der Waals surface area contributed by atoms with Crippen LogP contribution in [0.25, 0.3) is 0 Å². The summed E-state index contributed by atoms with van der Waals surface area (Å²) in [5.41, 5.74) is 1.09. The van der Waals surface area contributed by atoms with Gasteiger partial charge in [0.05, 0.1) is 0 Å². The minimum absolute atomic E-state index is 0.519. The second-order valence-corrected chi connectivity index (χ2v) is 10.3. The Hall–Kier alpha value is -0.260. The third-order valence-corrected chi connectivity index (χ3v) is 6.69. The molecule has 3 rings (SSSR count). The van der Waals surface area contributed by atoms with E-state index in [0.29, 0.717) is 10.8 Å². The maximum atomic E-state index is 2.43. The van der Waals surface area contributed by atoms with Gasteiger partial charge in [0.2, 0.25) is 0 Å². The van der Waals surface area contributed by atoms with Crippen molar-refractivity contribution in [2.75, 3.05) is 0 Å². The van der Waals surface area contributed by atoms with Gasteiger partial charge in [-0.2, -0.15) is 0 Å². The highest BCUT2D eigenvalue weighted by Gasteiger charge is 2.43. The molecule has 0 radical (unpaired) electrons. The maximum absolute atomic E-state index is 2.43. The normalized spacial score (nSPS) is 35.0. The Morgan fingerprint density at radius 3 is 1.95 bits per heavy atom. The van der Waals surface area contributed by atoms with E-state index in [9.17, 15) is 0 Å². The first-order valence-corrected chi connectivity index (χ1v) is 9.84. The van der Waals surface area contributed by atoms with Crippen LogP contribution in [0.3, 0.4) is 0 Å². The molecule has 0 aromatic rings. The second-order valence-electron chi connectivity index (χ2n) is 10.3. The van der Waals surface area contributed by atoms with E-state index in [4.69, 9.17) is 0 Å². The summed E-state index contributed by atoms with van der Waals surface area (Å²) in [5.74, 6) is 4.17. The van der Waals surface area contributed by atoms with Crippen LogP contribution in [0.5, 0.6) is 0 Å². The SMILES string of the molecule is CC(C)(C)C1CC=CCC1.CC(C)(C)C1CCC2CCCC21. The zero-order valence-corrected chi connectivity index (χ0v) is 16.1. The van der Waals surface area contributed by atoms with Crippen molar-refractivity contribution in [3.8, 4) is 0 Å². The van der Waals surface area contributed by atoms with Crippen LogP contribution < -0.4 is 0 Å². The van der Waals surface area contributed by atoms with Gasteiger partial charge in [0.15, 0.2) is 0 Å². The van der Waals surface area contributed by atoms with E-state index in [1.807, 2.05) is 0 Å². The van der Waals surface area contributed by atoms with Crippen molar-refractivity contribution in [3.05, 3.63) is 12.2 Å². The predicted molar refractivity (Wildman–Crippen MR) is 98.9 cm³/mol. The summed E-state index contributed by atoms with van der Waals surface area (Å²) in [6.45, 7) is 14.3. The number of fused-ring (bicyclic) bond motifs is 1. The van der Waals surface area contributed by atoms with Gasteiger partial charge in [-0.1, -0.05) is 66.5 Å². The molecule has 0 bridgehead atoms. The molecule has 0 N–H and O–H groups in total. The fourth-order valence-electron chi connectivity index (χ4n) is 5.22. The lowest BCUT2D eigenvalue weighted by molar-refractivity contribution is 0.176. The van der Waals surface area contributed by atoms with Gasteiger partial charge < -0.3 is 0 Å². The van der Waals surface area contributed by atoms with Crippen LogP contribution in [0, 0.1) is 34.5 Å². The summed E-state index contributed by atoms with van der Waals surface area (Å²) in [6.07, 6.45) is 16.3. The molecule has 22 heavy (non-hydrogen) atoms. The summed E-state index contributed by atoms with van der Waals surface area (Å²) < 4.78 is 0. The van der Waals surface area contributed by atoms with Gasteiger partial charge >= 0.3 is 0 Å². The van der Waals surface area contributed by atoms with Crippen molar-refractivity contribution in [1.29, 1.82) is 0 Å². The first kappa shape index (κ1) is 18.1. The van der Waals surface area contributed by atoms with Crippen LogP contribution in [-0.4, -0.2) is 0 Å². The van der Waals surface area contributed by atoms with E-state index in [1.165, 1.54) is 51.4 Å². The van der Waals surface area contributed by atoms with Crippen LogP contribution >= 0.6 is 0 Å². The van der Waals surface area contributed by atoms with Gasteiger partial charge in [0.25, 0.3) is 0 Å². The molecule has 0 nitrogen and oxygen atoms in total. The Labute approximate surface area is 140 Å². The summed E-state index contributed by atoms with van der Waals surface area (Å²) in [7, 11) is 0. The molecule has 0 spiro atoms. The molecular weight excluding hydrogens is 264 g/mol. The molecule has 128 valence electrons. The van der Waals surface area contributed by atoms with Crippen molar-refractivity contribution in [1.82, 2.24) is 0 Å². The maximum Gasteiger partial charge on any atom is -0.0317 e. The van der Waals surface area contributed by atoms with Crippen LogP contribution in [0.1, 0.15) is 92.9 Å². The molecule has 0 aromatic carbocycles. The molecule has 3 aliphatic rings. The molecule has 4 unspecified atom stereocenters. The fourth-order valence-corrected chi connectivity index (χ4v) is 5.22. The third-order valence-electron chi connectivity index (χ3n) is 6.69. The smallest absolute Gasteiger partial charge is 0.0317 e. The highest BCUT2D eigenvalue weighted by atomic mass is 14.5. The largest absolute Gasteiger partial charge is 0.0885 e. The number of hydrogen-bond donors (Lipinski definition) is 0. The van der Waals surface area contributed by atoms with E-state index < -0.39 is 0 Å². The second kappa shape index (κ2) is 7.10. The van der Waals surface area contributed by atoms with E-state index in [-0.39, 0.29) is 0 Å². The molecule has 0 heteroatoms. The quantitative estimate of drug-likeness (QED) is 0.413. The van der Waals surface area contributed by atoms with Crippen molar-refractivity contribution in [3.63, 3.8) is 0 Å². The molecule has 0 aromatic heterocycles. The Balaban J connectivity index is 0.000000164. The Morgan fingerprint density at radius 1 is 0.727 bits per heavy atom. The molecule has 3 aliphatic carbocycles. The van der Waals surface area contributed by atoms with Crippen molar-refractivity contribution >= 4 is 0 Å². The van der Waals surface area contributed by atoms with Gasteiger partial charge in [0, 0.05) is 0 Å². The molecule has 0 saturated heterocycles. The van der Waals surface area contributed by atoms with Crippen LogP contribution in [0.15, 0.2) is 12.2 Å². The molecule has 2 fully saturated rings. The lowest BCUT2D eigenvalue weighted by atomic mass is 9.74. The molecule has 0 aliphatic heterocycles. The van der Waals surface area contributed by atoms with Crippen molar-refractivity contribution in [2.24, 2.45) is 34.5 Å². The minimum atomic E-state index is 0.519. The zero-order valence-electron chi connectivity index (χ0n) is 16.1. The Morgan fingerprint density at radius 2 is 1.45 bits per heavy atom. The molecule has 0 amide bonds. The van der Waals surface area contributed by atoms with Crippen molar-refractivity contribution < 1.29 is 0 Å². The Bertz CT molecular complexity index is 362. The number of rotatable bonds is 0. The van der Waals surface area contributed by atoms with Crippen LogP contribution in [-0.2, 0) is 0 Å². The average molecular weight is 305 g/mol. The van der Waals surface area contributed by atoms with Gasteiger partial charge in [-0.3, -0.25) is 0 Å². The first-order valence-electron chi connectivity index (χ1n) is 9.84. The van der Waals surface area contributed by atoms with E-state index in [2.05, 4.69) is 53.7 Å². The van der Waals surface area contributed by atoms with Gasteiger partial charge in [-0.15, -0.1) is 0 Å². The highest BCUT2D eigenvalue weighted by molar-refractivity contribution is 4.94. The first-order chi connectivity index (χ1) is 10.2. The third kappa shape index (κ3) is 4.62. The Kier molecular flexibility index (Phi) is 5.84. The van der Waals surface area contributed by atoms with Crippen LogP contribution in [0.4, 0.5) is 0 Å². The van der Waals surface area contributed by atoms with E-state index in [1.54, 1.807) is 0 Å². The zero-order chi connectivity index (χ0) is 16.4. The summed E-state index contributed by atoms with van der Waals surface area (Å²) >= 11 is 0.